The van der Waals surface area contributed by atoms with Crippen molar-refractivity contribution in [2.45, 2.75) is 26.8 Å². The molecule has 2 heteroatoms. The van der Waals surface area contributed by atoms with Crippen molar-refractivity contribution in [1.82, 2.24) is 5.32 Å². The minimum atomic E-state index is 0.763. The van der Waals surface area contributed by atoms with Crippen molar-refractivity contribution < 1.29 is 4.74 Å². The Labute approximate surface area is 105 Å². The van der Waals surface area contributed by atoms with Gasteiger partial charge in [0.05, 0.1) is 13.2 Å². The highest BCUT2D eigenvalue weighted by atomic mass is 16.5. The van der Waals surface area contributed by atoms with Gasteiger partial charge >= 0.3 is 0 Å². The Balaban J connectivity index is 2.13. The Bertz CT molecular complexity index is 347. The van der Waals surface area contributed by atoms with Gasteiger partial charge in [-0.2, -0.15) is 0 Å². The average molecular weight is 233 g/mol. The van der Waals surface area contributed by atoms with Gasteiger partial charge in [0.15, 0.2) is 0 Å². The summed E-state index contributed by atoms with van der Waals surface area (Å²) < 4.78 is 5.42. The molecule has 2 nitrogen and oxygen atoms in total. The Morgan fingerprint density at radius 3 is 2.76 bits per heavy atom. The number of hydrogen-bond donors (Lipinski definition) is 1. The zero-order chi connectivity index (χ0) is 12.5. The van der Waals surface area contributed by atoms with Crippen LogP contribution in [0.1, 0.15) is 23.1 Å². The molecule has 0 bridgehead atoms. The summed E-state index contributed by atoms with van der Waals surface area (Å²) in [6, 6.07) is 6.59. The van der Waals surface area contributed by atoms with Crippen molar-refractivity contribution >= 4 is 0 Å². The number of ether oxygens (including phenoxy) is 1. The van der Waals surface area contributed by atoms with Gasteiger partial charge in [-0.15, -0.1) is 6.58 Å². The molecule has 0 spiro atoms. The van der Waals surface area contributed by atoms with E-state index in [4.69, 9.17) is 4.74 Å². The van der Waals surface area contributed by atoms with E-state index in [-0.39, 0.29) is 0 Å². The largest absolute Gasteiger partial charge is 0.380 e. The van der Waals surface area contributed by atoms with Crippen molar-refractivity contribution in [1.29, 1.82) is 0 Å². The first-order chi connectivity index (χ1) is 8.24. The summed E-state index contributed by atoms with van der Waals surface area (Å²) in [5, 5.41) is 3.37. The molecule has 0 aromatic heterocycles. The van der Waals surface area contributed by atoms with Gasteiger partial charge in [-0.25, -0.2) is 0 Å². The van der Waals surface area contributed by atoms with Gasteiger partial charge < -0.3 is 10.1 Å². The van der Waals surface area contributed by atoms with Crippen molar-refractivity contribution in [3.05, 3.63) is 47.5 Å². The van der Waals surface area contributed by atoms with Crippen molar-refractivity contribution in [2.75, 3.05) is 19.8 Å². The van der Waals surface area contributed by atoms with E-state index in [2.05, 4.69) is 43.9 Å². The second kappa shape index (κ2) is 8.04. The van der Waals surface area contributed by atoms with Gasteiger partial charge in [0.1, 0.15) is 0 Å². The maximum Gasteiger partial charge on any atom is 0.0591 e. The molecule has 0 heterocycles. The van der Waals surface area contributed by atoms with Crippen molar-refractivity contribution in [3.8, 4) is 0 Å². The maximum absolute atomic E-state index is 5.42. The maximum atomic E-state index is 5.42. The first-order valence-electron chi connectivity index (χ1n) is 6.19. The Morgan fingerprint density at radius 2 is 2.06 bits per heavy atom. The van der Waals surface area contributed by atoms with Crippen LogP contribution >= 0.6 is 0 Å². The summed E-state index contributed by atoms with van der Waals surface area (Å²) in [7, 11) is 0. The lowest BCUT2D eigenvalue weighted by Crippen LogP contribution is -2.19. The lowest BCUT2D eigenvalue weighted by atomic mass is 10.1. The minimum absolute atomic E-state index is 0.763. The van der Waals surface area contributed by atoms with Crippen LogP contribution in [-0.2, 0) is 11.3 Å². The molecule has 0 saturated carbocycles. The predicted molar refractivity (Wildman–Crippen MR) is 73.3 cm³/mol. The number of nitrogens with one attached hydrogen (secondary N) is 1. The quantitative estimate of drug-likeness (QED) is 0.550. The second-order valence-electron chi connectivity index (χ2n) is 4.29. The third-order valence-corrected chi connectivity index (χ3v) is 2.79. The normalized spacial score (nSPS) is 10.5. The smallest absolute Gasteiger partial charge is 0.0591 e. The number of rotatable bonds is 8. The van der Waals surface area contributed by atoms with Crippen LogP contribution in [0, 0.1) is 13.8 Å². The lowest BCUT2D eigenvalue weighted by Gasteiger charge is -2.07. The molecule has 0 aliphatic heterocycles. The van der Waals surface area contributed by atoms with Crippen LogP contribution in [0.3, 0.4) is 0 Å². The summed E-state index contributed by atoms with van der Waals surface area (Å²) in [6.07, 6.45) is 2.81. The second-order valence-corrected chi connectivity index (χ2v) is 4.29. The van der Waals surface area contributed by atoms with Gasteiger partial charge in [0.2, 0.25) is 0 Å². The minimum Gasteiger partial charge on any atom is -0.380 e. The zero-order valence-electron chi connectivity index (χ0n) is 11.0. The van der Waals surface area contributed by atoms with E-state index >= 15 is 0 Å². The van der Waals surface area contributed by atoms with E-state index in [9.17, 15) is 0 Å². The molecular weight excluding hydrogens is 210 g/mol. The molecule has 0 radical (unpaired) electrons. The number of hydrogen-bond acceptors (Lipinski definition) is 2. The fourth-order valence-corrected chi connectivity index (χ4v) is 1.56. The van der Waals surface area contributed by atoms with Crippen LogP contribution in [0.15, 0.2) is 30.9 Å². The van der Waals surface area contributed by atoms with Gasteiger partial charge in [-0.05, 0) is 37.0 Å². The summed E-state index contributed by atoms with van der Waals surface area (Å²) in [4.78, 5) is 0. The number of benzene rings is 1. The topological polar surface area (TPSA) is 21.3 Å². The fourth-order valence-electron chi connectivity index (χ4n) is 1.56. The van der Waals surface area contributed by atoms with E-state index in [1.165, 1.54) is 16.7 Å². The van der Waals surface area contributed by atoms with E-state index in [1.54, 1.807) is 0 Å². The van der Waals surface area contributed by atoms with Gasteiger partial charge in [-0.3, -0.25) is 0 Å². The van der Waals surface area contributed by atoms with Gasteiger partial charge in [0.25, 0.3) is 0 Å². The highest BCUT2D eigenvalue weighted by Gasteiger charge is 1.96. The van der Waals surface area contributed by atoms with Crippen LogP contribution in [0.25, 0.3) is 0 Å². The van der Waals surface area contributed by atoms with Crippen LogP contribution in [0.2, 0.25) is 0 Å². The summed E-state index contributed by atoms with van der Waals surface area (Å²) in [6.45, 7) is 11.3. The third kappa shape index (κ3) is 5.66. The van der Waals surface area contributed by atoms with Crippen LogP contribution in [0.4, 0.5) is 0 Å². The van der Waals surface area contributed by atoms with Crippen molar-refractivity contribution in [2.24, 2.45) is 0 Å². The molecular formula is C15H23NO. The first kappa shape index (κ1) is 13.9. The Morgan fingerprint density at radius 1 is 1.24 bits per heavy atom. The monoisotopic (exact) mass is 233 g/mol. The SMILES string of the molecule is C=CCCOCCNCc1ccc(C)c(C)c1. The molecule has 0 unspecified atom stereocenters. The van der Waals surface area contributed by atoms with Crippen LogP contribution in [-0.4, -0.2) is 19.8 Å². The molecule has 17 heavy (non-hydrogen) atoms. The fraction of sp³-hybridized carbons (Fsp3) is 0.467. The molecule has 0 aliphatic carbocycles. The van der Waals surface area contributed by atoms with E-state index in [1.807, 2.05) is 6.08 Å². The highest BCUT2D eigenvalue weighted by Crippen LogP contribution is 2.09. The molecule has 0 amide bonds. The molecule has 1 aromatic carbocycles. The van der Waals surface area contributed by atoms with E-state index in [0.29, 0.717) is 0 Å². The highest BCUT2D eigenvalue weighted by molar-refractivity contribution is 5.29. The molecule has 0 aliphatic rings. The Hall–Kier alpha value is -1.12. The first-order valence-corrected chi connectivity index (χ1v) is 6.19. The molecule has 1 N–H and O–H groups in total. The summed E-state index contributed by atoms with van der Waals surface area (Å²) in [5.41, 5.74) is 4.03. The van der Waals surface area contributed by atoms with Crippen LogP contribution < -0.4 is 5.32 Å². The van der Waals surface area contributed by atoms with E-state index < -0.39 is 0 Å². The molecule has 0 atom stereocenters. The molecule has 1 aromatic rings. The zero-order valence-corrected chi connectivity index (χ0v) is 11.0. The van der Waals surface area contributed by atoms with E-state index in [0.717, 1.165) is 32.7 Å². The molecule has 0 fully saturated rings. The third-order valence-electron chi connectivity index (χ3n) is 2.79. The Kier molecular flexibility index (Phi) is 6.60. The van der Waals surface area contributed by atoms with Crippen molar-refractivity contribution in [3.63, 3.8) is 0 Å². The van der Waals surface area contributed by atoms with Crippen LogP contribution in [0.5, 0.6) is 0 Å². The van der Waals surface area contributed by atoms with Gasteiger partial charge in [0, 0.05) is 13.1 Å². The molecule has 94 valence electrons. The summed E-state index contributed by atoms with van der Waals surface area (Å²) >= 11 is 0. The number of aryl methyl sites for hydroxylation is 2. The summed E-state index contributed by atoms with van der Waals surface area (Å²) in [5.74, 6) is 0. The predicted octanol–water partition coefficient (Wildman–Crippen LogP) is 2.99. The average Bonchev–Trinajstić information content (AvgIpc) is 2.32. The standard InChI is InChI=1S/C15H23NO/c1-4-5-9-17-10-8-16-12-15-7-6-13(2)14(3)11-15/h4,6-7,11,16H,1,5,8-10,12H2,2-3H3. The lowest BCUT2D eigenvalue weighted by molar-refractivity contribution is 0.140. The molecule has 1 rings (SSSR count). The molecule has 0 saturated heterocycles. The van der Waals surface area contributed by atoms with Gasteiger partial charge in [-0.1, -0.05) is 24.3 Å².